The smallest absolute Gasteiger partial charge is 0.342 e. The second-order valence-corrected chi connectivity index (χ2v) is 7.79. The molecule has 182 valence electrons. The van der Waals surface area contributed by atoms with Gasteiger partial charge in [-0.2, -0.15) is 5.10 Å². The molecule has 0 fully saturated rings. The predicted molar refractivity (Wildman–Crippen MR) is 135 cm³/mol. The maximum atomic E-state index is 13.0. The third-order valence-corrected chi connectivity index (χ3v) is 5.12. The van der Waals surface area contributed by atoms with Crippen LogP contribution in [0, 0.1) is 0 Å². The number of anilines is 2. The van der Waals surface area contributed by atoms with Gasteiger partial charge in [-0.25, -0.2) is 9.48 Å². The molecule has 1 heterocycles. The summed E-state index contributed by atoms with van der Waals surface area (Å²) in [5, 5.41) is 9.90. The van der Waals surface area contributed by atoms with E-state index >= 15 is 0 Å². The molecule has 0 bridgehead atoms. The van der Waals surface area contributed by atoms with E-state index in [-0.39, 0.29) is 11.5 Å². The Morgan fingerprint density at radius 3 is 2.25 bits per heavy atom. The standard InChI is InChI=1S/C27H24N4O5/c1-18(32)28-20-11-13-21(14-12-20)29-25(33)17-36-27(34)24-16-31(22-8-4-3-5-9-22)30-26(24)19-7-6-10-23(15-19)35-2/h3-16H,17H2,1-2H3,(H,28,32)(H,29,33). The van der Waals surface area contributed by atoms with E-state index in [1.165, 1.54) is 6.92 Å². The van der Waals surface area contributed by atoms with Gasteiger partial charge in [0.2, 0.25) is 5.91 Å². The molecule has 3 aromatic carbocycles. The Balaban J connectivity index is 1.50. The van der Waals surface area contributed by atoms with E-state index < -0.39 is 18.5 Å². The fourth-order valence-corrected chi connectivity index (χ4v) is 3.47. The monoisotopic (exact) mass is 484 g/mol. The number of methoxy groups -OCH3 is 1. The number of benzene rings is 3. The van der Waals surface area contributed by atoms with Crippen LogP contribution in [0.5, 0.6) is 5.75 Å². The first-order chi connectivity index (χ1) is 17.4. The van der Waals surface area contributed by atoms with Gasteiger partial charge in [0.25, 0.3) is 5.91 Å². The lowest BCUT2D eigenvalue weighted by Gasteiger charge is -2.08. The zero-order chi connectivity index (χ0) is 25.5. The Bertz CT molecular complexity index is 1380. The summed E-state index contributed by atoms with van der Waals surface area (Å²) in [7, 11) is 1.56. The first kappa shape index (κ1) is 24.2. The number of rotatable bonds is 8. The lowest BCUT2D eigenvalue weighted by Crippen LogP contribution is -2.21. The Hall–Kier alpha value is -4.92. The van der Waals surface area contributed by atoms with Gasteiger partial charge in [0.05, 0.1) is 12.8 Å². The topological polar surface area (TPSA) is 112 Å². The van der Waals surface area contributed by atoms with Crippen molar-refractivity contribution in [3.63, 3.8) is 0 Å². The van der Waals surface area contributed by atoms with Crippen LogP contribution < -0.4 is 15.4 Å². The van der Waals surface area contributed by atoms with Crippen LogP contribution in [0.25, 0.3) is 16.9 Å². The third kappa shape index (κ3) is 5.95. The average molecular weight is 485 g/mol. The Morgan fingerprint density at radius 2 is 1.58 bits per heavy atom. The van der Waals surface area contributed by atoms with E-state index in [0.29, 0.717) is 28.4 Å². The van der Waals surface area contributed by atoms with Crippen LogP contribution in [-0.2, 0) is 14.3 Å². The second kappa shape index (κ2) is 11.0. The number of para-hydroxylation sites is 1. The van der Waals surface area contributed by atoms with E-state index in [0.717, 1.165) is 5.69 Å². The predicted octanol–water partition coefficient (Wildman–Crippen LogP) is 4.30. The molecule has 4 rings (SSSR count). The second-order valence-electron chi connectivity index (χ2n) is 7.79. The number of nitrogens with zero attached hydrogens (tertiary/aromatic N) is 2. The largest absolute Gasteiger partial charge is 0.497 e. The minimum atomic E-state index is -0.689. The minimum Gasteiger partial charge on any atom is -0.497 e. The number of amides is 2. The van der Waals surface area contributed by atoms with Gasteiger partial charge in [-0.05, 0) is 48.5 Å². The number of ether oxygens (including phenoxy) is 2. The first-order valence-electron chi connectivity index (χ1n) is 11.1. The van der Waals surface area contributed by atoms with E-state index in [1.807, 2.05) is 36.4 Å². The highest BCUT2D eigenvalue weighted by Crippen LogP contribution is 2.27. The summed E-state index contributed by atoms with van der Waals surface area (Å²) >= 11 is 0. The Labute approximate surface area is 207 Å². The van der Waals surface area contributed by atoms with Gasteiger partial charge in [0, 0.05) is 30.1 Å². The molecule has 4 aromatic rings. The summed E-state index contributed by atoms with van der Waals surface area (Å²) < 4.78 is 12.2. The highest BCUT2D eigenvalue weighted by molar-refractivity contribution is 5.99. The van der Waals surface area contributed by atoms with Crippen molar-refractivity contribution in [2.45, 2.75) is 6.92 Å². The third-order valence-electron chi connectivity index (χ3n) is 5.12. The summed E-state index contributed by atoms with van der Waals surface area (Å²) in [4.78, 5) is 36.5. The summed E-state index contributed by atoms with van der Waals surface area (Å²) in [6.07, 6.45) is 1.57. The minimum absolute atomic E-state index is 0.192. The highest BCUT2D eigenvalue weighted by atomic mass is 16.5. The van der Waals surface area contributed by atoms with Gasteiger partial charge in [0.15, 0.2) is 6.61 Å². The number of nitrogens with one attached hydrogen (secondary N) is 2. The summed E-state index contributed by atoms with van der Waals surface area (Å²) in [5.41, 5.74) is 3.14. The zero-order valence-electron chi connectivity index (χ0n) is 19.7. The van der Waals surface area contributed by atoms with Crippen LogP contribution in [0.2, 0.25) is 0 Å². The molecule has 9 nitrogen and oxygen atoms in total. The number of carbonyl (C=O) groups excluding carboxylic acids is 3. The number of carbonyl (C=O) groups is 3. The molecule has 0 aliphatic rings. The molecular formula is C27H24N4O5. The van der Waals surface area contributed by atoms with Gasteiger partial charge in [-0.3, -0.25) is 9.59 Å². The van der Waals surface area contributed by atoms with Crippen molar-refractivity contribution in [1.29, 1.82) is 0 Å². The molecule has 0 saturated heterocycles. The van der Waals surface area contributed by atoms with Crippen molar-refractivity contribution in [3.05, 3.63) is 90.6 Å². The summed E-state index contributed by atoms with van der Waals surface area (Å²) in [6.45, 7) is 0.924. The SMILES string of the molecule is COc1cccc(-c2nn(-c3ccccc3)cc2C(=O)OCC(=O)Nc2ccc(NC(C)=O)cc2)c1. The molecule has 0 saturated carbocycles. The van der Waals surface area contributed by atoms with Crippen LogP contribution in [0.15, 0.2) is 85.1 Å². The van der Waals surface area contributed by atoms with Crippen LogP contribution in [0.4, 0.5) is 11.4 Å². The number of hydrogen-bond donors (Lipinski definition) is 2. The number of hydrogen-bond acceptors (Lipinski definition) is 6. The molecule has 0 aliphatic carbocycles. The van der Waals surface area contributed by atoms with Crippen molar-refractivity contribution in [1.82, 2.24) is 9.78 Å². The van der Waals surface area contributed by atoms with Gasteiger partial charge in [-0.15, -0.1) is 0 Å². The van der Waals surface area contributed by atoms with Crippen LogP contribution in [0.1, 0.15) is 17.3 Å². The average Bonchev–Trinajstić information content (AvgIpc) is 3.34. The molecule has 0 spiro atoms. The highest BCUT2D eigenvalue weighted by Gasteiger charge is 2.21. The van der Waals surface area contributed by atoms with Crippen LogP contribution in [-0.4, -0.2) is 41.3 Å². The Morgan fingerprint density at radius 1 is 0.889 bits per heavy atom. The van der Waals surface area contributed by atoms with E-state index in [9.17, 15) is 14.4 Å². The number of aromatic nitrogens is 2. The molecule has 0 radical (unpaired) electrons. The van der Waals surface area contributed by atoms with Gasteiger partial charge in [0.1, 0.15) is 17.0 Å². The van der Waals surface area contributed by atoms with Crippen molar-refractivity contribution in [3.8, 4) is 22.7 Å². The molecule has 0 unspecified atom stereocenters. The molecule has 2 N–H and O–H groups in total. The fraction of sp³-hybridized carbons (Fsp3) is 0.111. The first-order valence-corrected chi connectivity index (χ1v) is 11.1. The van der Waals surface area contributed by atoms with Gasteiger partial charge >= 0.3 is 5.97 Å². The van der Waals surface area contributed by atoms with Crippen LogP contribution >= 0.6 is 0 Å². The van der Waals surface area contributed by atoms with Gasteiger partial charge in [-0.1, -0.05) is 30.3 Å². The van der Waals surface area contributed by atoms with Crippen molar-refractivity contribution >= 4 is 29.2 Å². The molecule has 9 heteroatoms. The molecule has 2 amide bonds. The van der Waals surface area contributed by atoms with Crippen molar-refractivity contribution in [2.75, 3.05) is 24.4 Å². The van der Waals surface area contributed by atoms with Crippen molar-refractivity contribution < 1.29 is 23.9 Å². The van der Waals surface area contributed by atoms with Crippen molar-refractivity contribution in [2.24, 2.45) is 0 Å². The maximum Gasteiger partial charge on any atom is 0.342 e. The molecule has 0 atom stereocenters. The molecule has 0 aliphatic heterocycles. The molecular weight excluding hydrogens is 460 g/mol. The quantitative estimate of drug-likeness (QED) is 0.361. The maximum absolute atomic E-state index is 13.0. The summed E-state index contributed by atoms with van der Waals surface area (Å²) in [6, 6.07) is 23.1. The molecule has 1 aromatic heterocycles. The number of esters is 1. The van der Waals surface area contributed by atoms with Gasteiger partial charge < -0.3 is 20.1 Å². The zero-order valence-corrected chi connectivity index (χ0v) is 19.7. The Kier molecular flexibility index (Phi) is 7.40. The van der Waals surface area contributed by atoms with E-state index in [2.05, 4.69) is 15.7 Å². The lowest BCUT2D eigenvalue weighted by molar-refractivity contribution is -0.119. The lowest BCUT2D eigenvalue weighted by atomic mass is 10.1. The fourth-order valence-electron chi connectivity index (χ4n) is 3.47. The van der Waals surface area contributed by atoms with Crippen LogP contribution in [0.3, 0.4) is 0 Å². The van der Waals surface area contributed by atoms with E-state index in [1.54, 1.807) is 60.5 Å². The molecule has 36 heavy (non-hydrogen) atoms. The normalized spacial score (nSPS) is 10.4. The summed E-state index contributed by atoms with van der Waals surface area (Å²) in [5.74, 6) is -0.771. The van der Waals surface area contributed by atoms with E-state index in [4.69, 9.17) is 9.47 Å².